The Bertz CT molecular complexity index is 1200. The molecule has 7 heteroatoms. The summed E-state index contributed by atoms with van der Waals surface area (Å²) in [6.45, 7) is 4.93. The van der Waals surface area contributed by atoms with E-state index < -0.39 is 11.7 Å². The number of benzene rings is 2. The molecule has 0 bridgehead atoms. The first-order chi connectivity index (χ1) is 15.3. The molecule has 4 rings (SSSR count). The maximum atomic E-state index is 12.7. The fraction of sp³-hybridized carbons (Fsp3) is 0.280. The lowest BCUT2D eigenvalue weighted by atomic mass is 10.0. The monoisotopic (exact) mass is 455 g/mol. The van der Waals surface area contributed by atoms with E-state index in [1.165, 1.54) is 22.6 Å². The van der Waals surface area contributed by atoms with E-state index in [1.54, 1.807) is 11.3 Å². The van der Waals surface area contributed by atoms with Gasteiger partial charge in [-0.3, -0.25) is 0 Å². The molecule has 0 unspecified atom stereocenters. The highest BCUT2D eigenvalue weighted by Gasteiger charge is 2.29. The van der Waals surface area contributed by atoms with Crippen LogP contribution in [0.15, 0.2) is 54.6 Å². The van der Waals surface area contributed by atoms with E-state index in [2.05, 4.69) is 35.2 Å². The van der Waals surface area contributed by atoms with Gasteiger partial charge >= 0.3 is 6.18 Å². The maximum absolute atomic E-state index is 12.7. The van der Waals surface area contributed by atoms with Crippen molar-refractivity contribution in [2.75, 3.05) is 11.9 Å². The lowest BCUT2D eigenvalue weighted by molar-refractivity contribution is -0.137. The SMILES string of the molecule is CCc1nc(NCCCc2ccc(-c3ccc(C(F)(F)F)cc3)cc2)c2cc(C)sc2n1. The Morgan fingerprint density at radius 3 is 2.22 bits per heavy atom. The molecule has 32 heavy (non-hydrogen) atoms. The number of fused-ring (bicyclic) bond motifs is 1. The summed E-state index contributed by atoms with van der Waals surface area (Å²) in [6, 6.07) is 15.4. The lowest BCUT2D eigenvalue weighted by Gasteiger charge is -2.09. The van der Waals surface area contributed by atoms with Gasteiger partial charge in [-0.2, -0.15) is 13.2 Å². The predicted molar refractivity (Wildman–Crippen MR) is 125 cm³/mol. The highest BCUT2D eigenvalue weighted by Crippen LogP contribution is 2.31. The minimum atomic E-state index is -4.31. The molecule has 0 amide bonds. The number of nitrogens with zero attached hydrogens (tertiary/aromatic N) is 2. The molecule has 0 radical (unpaired) electrons. The van der Waals surface area contributed by atoms with Gasteiger partial charge in [0.15, 0.2) is 0 Å². The first-order valence-electron chi connectivity index (χ1n) is 10.6. The molecule has 0 aliphatic heterocycles. The first-order valence-corrected chi connectivity index (χ1v) is 11.4. The number of aryl methyl sites for hydroxylation is 3. The summed E-state index contributed by atoms with van der Waals surface area (Å²) in [5, 5.41) is 4.54. The topological polar surface area (TPSA) is 37.8 Å². The second-order valence-corrected chi connectivity index (χ2v) is 8.96. The number of alkyl halides is 3. The van der Waals surface area contributed by atoms with Crippen LogP contribution in [0.25, 0.3) is 21.3 Å². The molecule has 0 saturated heterocycles. The summed E-state index contributed by atoms with van der Waals surface area (Å²) in [7, 11) is 0. The average Bonchev–Trinajstić information content (AvgIpc) is 3.16. The normalized spacial score (nSPS) is 11.8. The first kappa shape index (κ1) is 22.3. The van der Waals surface area contributed by atoms with Crippen LogP contribution in [0.4, 0.5) is 19.0 Å². The molecule has 2 aromatic carbocycles. The van der Waals surface area contributed by atoms with Gasteiger partial charge in [0, 0.05) is 17.8 Å². The van der Waals surface area contributed by atoms with Gasteiger partial charge in [-0.25, -0.2) is 9.97 Å². The highest BCUT2D eigenvalue weighted by atomic mass is 32.1. The smallest absolute Gasteiger partial charge is 0.369 e. The summed E-state index contributed by atoms with van der Waals surface area (Å²) in [4.78, 5) is 11.5. The molecule has 0 spiro atoms. The van der Waals surface area contributed by atoms with E-state index in [1.807, 2.05) is 24.3 Å². The summed E-state index contributed by atoms with van der Waals surface area (Å²) in [6.07, 6.45) is -1.67. The largest absolute Gasteiger partial charge is 0.416 e. The molecule has 0 atom stereocenters. The lowest BCUT2D eigenvalue weighted by Crippen LogP contribution is -2.07. The Labute approximate surface area is 189 Å². The molecule has 3 nitrogen and oxygen atoms in total. The number of aromatic nitrogens is 2. The van der Waals surface area contributed by atoms with Crippen LogP contribution in [0, 0.1) is 6.92 Å². The third-order valence-corrected chi connectivity index (χ3v) is 6.26. The standard InChI is InChI=1S/C25H24F3N3S/c1-3-22-30-23(21-15-16(2)32-24(21)31-22)29-14-4-5-17-6-8-18(9-7-17)19-10-12-20(13-11-19)25(26,27)28/h6-13,15H,3-5,14H2,1-2H3,(H,29,30,31). The predicted octanol–water partition coefficient (Wildman–Crippen LogP) is 7.29. The van der Waals surface area contributed by atoms with Crippen LogP contribution in [0.5, 0.6) is 0 Å². The molecule has 2 aromatic heterocycles. The van der Waals surface area contributed by atoms with Gasteiger partial charge in [-0.15, -0.1) is 11.3 Å². The zero-order valence-corrected chi connectivity index (χ0v) is 18.8. The van der Waals surface area contributed by atoms with E-state index in [9.17, 15) is 13.2 Å². The molecular weight excluding hydrogens is 431 g/mol. The van der Waals surface area contributed by atoms with Crippen molar-refractivity contribution in [3.05, 3.63) is 76.4 Å². The highest BCUT2D eigenvalue weighted by molar-refractivity contribution is 7.18. The van der Waals surface area contributed by atoms with Crippen molar-refractivity contribution in [3.8, 4) is 11.1 Å². The third kappa shape index (κ3) is 5.10. The van der Waals surface area contributed by atoms with Gasteiger partial charge in [0.2, 0.25) is 0 Å². The Balaban J connectivity index is 1.35. The Kier molecular flexibility index (Phi) is 6.46. The second kappa shape index (κ2) is 9.28. The van der Waals surface area contributed by atoms with E-state index in [4.69, 9.17) is 0 Å². The second-order valence-electron chi connectivity index (χ2n) is 7.72. The summed E-state index contributed by atoms with van der Waals surface area (Å²) in [5.74, 6) is 1.74. The summed E-state index contributed by atoms with van der Waals surface area (Å²) in [5.41, 5.74) is 2.24. The number of halogens is 3. The zero-order valence-electron chi connectivity index (χ0n) is 18.0. The molecule has 2 heterocycles. The summed E-state index contributed by atoms with van der Waals surface area (Å²) < 4.78 is 38.2. The third-order valence-electron chi connectivity index (χ3n) is 5.31. The Morgan fingerprint density at radius 2 is 1.59 bits per heavy atom. The molecule has 0 aliphatic rings. The van der Waals surface area contributed by atoms with Gasteiger partial charge in [-0.05, 0) is 54.7 Å². The van der Waals surface area contributed by atoms with Crippen molar-refractivity contribution in [1.82, 2.24) is 9.97 Å². The Hall–Kier alpha value is -2.93. The van der Waals surface area contributed by atoms with E-state index in [-0.39, 0.29) is 0 Å². The number of hydrogen-bond acceptors (Lipinski definition) is 4. The van der Waals surface area contributed by atoms with Crippen molar-refractivity contribution < 1.29 is 13.2 Å². The van der Waals surface area contributed by atoms with Crippen LogP contribution in [0.1, 0.15) is 35.2 Å². The van der Waals surface area contributed by atoms with Crippen molar-refractivity contribution in [2.24, 2.45) is 0 Å². The fourth-order valence-corrected chi connectivity index (χ4v) is 4.49. The summed E-state index contributed by atoms with van der Waals surface area (Å²) >= 11 is 1.69. The number of rotatable bonds is 7. The number of thiophene rings is 1. The van der Waals surface area contributed by atoms with Crippen molar-refractivity contribution in [3.63, 3.8) is 0 Å². The molecule has 0 aliphatic carbocycles. The molecule has 1 N–H and O–H groups in total. The molecular formula is C25H24F3N3S. The van der Waals surface area contributed by atoms with Crippen LogP contribution in [0.3, 0.4) is 0 Å². The quantitative estimate of drug-likeness (QED) is 0.297. The number of nitrogens with one attached hydrogen (secondary N) is 1. The van der Waals surface area contributed by atoms with Gasteiger partial charge in [0.25, 0.3) is 0 Å². The van der Waals surface area contributed by atoms with Crippen LogP contribution in [0.2, 0.25) is 0 Å². The van der Waals surface area contributed by atoms with E-state index >= 15 is 0 Å². The van der Waals surface area contributed by atoms with Crippen LogP contribution < -0.4 is 5.32 Å². The molecule has 166 valence electrons. The van der Waals surface area contributed by atoms with Crippen LogP contribution in [-0.2, 0) is 19.0 Å². The van der Waals surface area contributed by atoms with E-state index in [0.717, 1.165) is 70.9 Å². The van der Waals surface area contributed by atoms with Crippen LogP contribution >= 0.6 is 11.3 Å². The molecule has 4 aromatic rings. The average molecular weight is 456 g/mol. The van der Waals surface area contributed by atoms with Gasteiger partial charge in [0.1, 0.15) is 16.5 Å². The van der Waals surface area contributed by atoms with Gasteiger partial charge in [0.05, 0.1) is 10.9 Å². The van der Waals surface area contributed by atoms with Crippen LogP contribution in [-0.4, -0.2) is 16.5 Å². The van der Waals surface area contributed by atoms with Gasteiger partial charge in [-0.1, -0.05) is 43.3 Å². The van der Waals surface area contributed by atoms with Crippen molar-refractivity contribution in [1.29, 1.82) is 0 Å². The van der Waals surface area contributed by atoms with E-state index in [0.29, 0.717) is 0 Å². The van der Waals surface area contributed by atoms with Crippen molar-refractivity contribution >= 4 is 27.4 Å². The maximum Gasteiger partial charge on any atom is 0.416 e. The fourth-order valence-electron chi connectivity index (χ4n) is 3.59. The van der Waals surface area contributed by atoms with Gasteiger partial charge < -0.3 is 5.32 Å². The minimum Gasteiger partial charge on any atom is -0.369 e. The Morgan fingerprint density at radius 1 is 0.938 bits per heavy atom. The van der Waals surface area contributed by atoms with Crippen molar-refractivity contribution in [2.45, 2.75) is 39.3 Å². The molecule has 0 saturated carbocycles. The minimum absolute atomic E-state index is 0.630. The zero-order chi connectivity index (χ0) is 22.7. The number of anilines is 1. The number of hydrogen-bond donors (Lipinski definition) is 1. The molecule has 0 fully saturated rings.